The topological polar surface area (TPSA) is 105 Å². The van der Waals surface area contributed by atoms with Crippen LogP contribution in [0.5, 0.6) is 11.5 Å². The van der Waals surface area contributed by atoms with Crippen LogP contribution in [0.25, 0.3) is 0 Å². The second-order valence-corrected chi connectivity index (χ2v) is 11.1. The van der Waals surface area contributed by atoms with Crippen LogP contribution in [0.3, 0.4) is 0 Å². The van der Waals surface area contributed by atoms with Crippen molar-refractivity contribution in [3.8, 4) is 11.5 Å². The molecule has 2 amide bonds. The Morgan fingerprint density at radius 2 is 1.66 bits per heavy atom. The van der Waals surface area contributed by atoms with Gasteiger partial charge in [-0.15, -0.1) is 0 Å². The first kappa shape index (κ1) is 28.4. The Hall–Kier alpha value is -2.79. The SMILES string of the molecule is COc1ccc(N(CC(=O)N(Cc2ccc(Br)cc2)C(C)C(=O)NC(C)C)S(C)(=O)=O)c(OC)c1. The minimum Gasteiger partial charge on any atom is -0.497 e. The molecule has 1 N–H and O–H groups in total. The highest BCUT2D eigenvalue weighted by Crippen LogP contribution is 2.33. The lowest BCUT2D eigenvalue weighted by Gasteiger charge is -2.32. The largest absolute Gasteiger partial charge is 0.497 e. The molecule has 0 aliphatic rings. The van der Waals surface area contributed by atoms with Gasteiger partial charge in [0.05, 0.1) is 26.2 Å². The molecule has 11 heteroatoms. The Labute approximate surface area is 215 Å². The van der Waals surface area contributed by atoms with Crippen molar-refractivity contribution in [2.75, 3.05) is 31.3 Å². The number of halogens is 1. The summed E-state index contributed by atoms with van der Waals surface area (Å²) in [5, 5.41) is 2.81. The van der Waals surface area contributed by atoms with Crippen molar-refractivity contribution < 1.29 is 27.5 Å². The van der Waals surface area contributed by atoms with Crippen LogP contribution < -0.4 is 19.1 Å². The molecular formula is C24H32BrN3O6S. The standard InChI is InChI=1S/C24H32BrN3O6S/c1-16(2)26-24(30)17(3)27(14-18-7-9-19(25)10-8-18)23(29)15-28(35(6,31)32)21-12-11-20(33-4)13-22(21)34-5/h7-13,16-17H,14-15H2,1-6H3,(H,26,30). The summed E-state index contributed by atoms with van der Waals surface area (Å²) >= 11 is 3.39. The number of carbonyl (C=O) groups excluding carboxylic acids is 2. The van der Waals surface area contributed by atoms with Crippen molar-refractivity contribution in [2.24, 2.45) is 0 Å². The van der Waals surface area contributed by atoms with E-state index in [0.717, 1.165) is 20.6 Å². The lowest BCUT2D eigenvalue weighted by molar-refractivity contribution is -0.139. The first-order valence-electron chi connectivity index (χ1n) is 10.9. The number of nitrogens with zero attached hydrogens (tertiary/aromatic N) is 2. The van der Waals surface area contributed by atoms with Crippen molar-refractivity contribution >= 4 is 43.5 Å². The fourth-order valence-corrected chi connectivity index (χ4v) is 4.48. The maximum absolute atomic E-state index is 13.6. The number of anilines is 1. The number of rotatable bonds is 11. The van der Waals surface area contributed by atoms with Crippen molar-refractivity contribution in [1.29, 1.82) is 0 Å². The fraction of sp³-hybridized carbons (Fsp3) is 0.417. The normalized spacial score (nSPS) is 12.1. The number of sulfonamides is 1. The lowest BCUT2D eigenvalue weighted by atomic mass is 10.1. The molecule has 35 heavy (non-hydrogen) atoms. The summed E-state index contributed by atoms with van der Waals surface area (Å²) in [5.74, 6) is -0.171. The summed E-state index contributed by atoms with van der Waals surface area (Å²) in [4.78, 5) is 27.7. The van der Waals surface area contributed by atoms with Gasteiger partial charge in [0.15, 0.2) is 0 Å². The molecule has 0 aliphatic heterocycles. The number of ether oxygens (including phenoxy) is 2. The van der Waals surface area contributed by atoms with E-state index in [9.17, 15) is 18.0 Å². The van der Waals surface area contributed by atoms with Crippen LogP contribution in [0.4, 0.5) is 5.69 Å². The molecule has 192 valence electrons. The van der Waals surface area contributed by atoms with Gasteiger partial charge in [-0.3, -0.25) is 13.9 Å². The summed E-state index contributed by atoms with van der Waals surface area (Å²) in [6.45, 7) is 4.88. The molecular weight excluding hydrogens is 538 g/mol. The highest BCUT2D eigenvalue weighted by molar-refractivity contribution is 9.10. The Morgan fingerprint density at radius 3 is 2.17 bits per heavy atom. The summed E-state index contributed by atoms with van der Waals surface area (Å²) in [5.41, 5.74) is 0.978. The number of nitrogens with one attached hydrogen (secondary N) is 1. The monoisotopic (exact) mass is 569 g/mol. The van der Waals surface area contributed by atoms with E-state index < -0.39 is 28.5 Å². The minimum atomic E-state index is -3.88. The van der Waals surface area contributed by atoms with E-state index in [2.05, 4.69) is 21.2 Å². The Morgan fingerprint density at radius 1 is 1.03 bits per heavy atom. The van der Waals surface area contributed by atoms with Gasteiger partial charge in [-0.2, -0.15) is 0 Å². The van der Waals surface area contributed by atoms with Gasteiger partial charge in [0.1, 0.15) is 24.1 Å². The Balaban J connectivity index is 2.45. The maximum Gasteiger partial charge on any atom is 0.244 e. The van der Waals surface area contributed by atoms with Crippen LogP contribution in [0, 0.1) is 0 Å². The first-order valence-corrected chi connectivity index (χ1v) is 13.6. The molecule has 1 unspecified atom stereocenters. The van der Waals surface area contributed by atoms with Crippen LogP contribution in [-0.2, 0) is 26.2 Å². The second-order valence-electron chi connectivity index (χ2n) is 8.29. The molecule has 0 spiro atoms. The minimum absolute atomic E-state index is 0.120. The average molecular weight is 571 g/mol. The molecule has 1 atom stereocenters. The summed E-state index contributed by atoms with van der Waals surface area (Å²) in [6, 6.07) is 11.0. The van der Waals surface area contributed by atoms with Crippen LogP contribution >= 0.6 is 15.9 Å². The maximum atomic E-state index is 13.6. The van der Waals surface area contributed by atoms with E-state index >= 15 is 0 Å². The average Bonchev–Trinajstić information content (AvgIpc) is 2.80. The molecule has 0 aromatic heterocycles. The van der Waals surface area contributed by atoms with Gasteiger partial charge in [-0.05, 0) is 50.6 Å². The highest BCUT2D eigenvalue weighted by atomic mass is 79.9. The van der Waals surface area contributed by atoms with E-state index in [0.29, 0.717) is 5.75 Å². The molecule has 9 nitrogen and oxygen atoms in total. The quantitative estimate of drug-likeness (QED) is 0.445. The molecule has 0 saturated carbocycles. The van der Waals surface area contributed by atoms with Gasteiger partial charge < -0.3 is 19.7 Å². The Kier molecular flexibility index (Phi) is 9.96. The van der Waals surface area contributed by atoms with Gasteiger partial charge in [0.25, 0.3) is 0 Å². The third-order valence-electron chi connectivity index (χ3n) is 5.20. The number of hydrogen-bond acceptors (Lipinski definition) is 6. The predicted octanol–water partition coefficient (Wildman–Crippen LogP) is 3.17. The van der Waals surface area contributed by atoms with Gasteiger partial charge in [-0.1, -0.05) is 28.1 Å². The predicted molar refractivity (Wildman–Crippen MR) is 139 cm³/mol. The van der Waals surface area contributed by atoms with Gasteiger partial charge >= 0.3 is 0 Å². The van der Waals surface area contributed by atoms with E-state index in [1.165, 1.54) is 31.3 Å². The molecule has 2 aromatic rings. The number of benzene rings is 2. The summed E-state index contributed by atoms with van der Waals surface area (Å²) < 4.78 is 37.9. The second kappa shape index (κ2) is 12.3. The molecule has 2 rings (SSSR count). The fourth-order valence-electron chi connectivity index (χ4n) is 3.36. The third kappa shape index (κ3) is 7.86. The zero-order chi connectivity index (χ0) is 26.3. The van der Waals surface area contributed by atoms with Crippen LogP contribution in [-0.4, -0.2) is 64.2 Å². The van der Waals surface area contributed by atoms with Crippen LogP contribution in [0.1, 0.15) is 26.3 Å². The molecule has 0 saturated heterocycles. The van der Waals surface area contributed by atoms with Crippen LogP contribution in [0.15, 0.2) is 46.9 Å². The number of methoxy groups -OCH3 is 2. The smallest absolute Gasteiger partial charge is 0.244 e. The molecule has 0 fully saturated rings. The van der Waals surface area contributed by atoms with Crippen molar-refractivity contribution in [2.45, 2.75) is 39.4 Å². The van der Waals surface area contributed by atoms with Crippen molar-refractivity contribution in [1.82, 2.24) is 10.2 Å². The number of amides is 2. The molecule has 0 bridgehead atoms. The first-order chi connectivity index (χ1) is 16.4. The number of carbonyl (C=O) groups is 2. The zero-order valence-electron chi connectivity index (χ0n) is 20.7. The molecule has 2 aromatic carbocycles. The van der Waals surface area contributed by atoms with Crippen LogP contribution in [0.2, 0.25) is 0 Å². The summed E-state index contributed by atoms with van der Waals surface area (Å²) in [6.07, 6.45) is 1.01. The molecule has 0 heterocycles. The molecule has 0 radical (unpaired) electrons. The van der Waals surface area contributed by atoms with E-state index in [-0.39, 0.29) is 29.9 Å². The van der Waals surface area contributed by atoms with E-state index in [1.54, 1.807) is 13.0 Å². The van der Waals surface area contributed by atoms with Crippen molar-refractivity contribution in [3.05, 3.63) is 52.5 Å². The van der Waals surface area contributed by atoms with Gasteiger partial charge in [0, 0.05) is 23.1 Å². The number of hydrogen-bond donors (Lipinski definition) is 1. The van der Waals surface area contributed by atoms with Gasteiger partial charge in [0.2, 0.25) is 21.8 Å². The summed E-state index contributed by atoms with van der Waals surface area (Å²) in [7, 11) is -1.00. The lowest BCUT2D eigenvalue weighted by Crippen LogP contribution is -2.52. The van der Waals surface area contributed by atoms with E-state index in [1.807, 2.05) is 38.1 Å². The van der Waals surface area contributed by atoms with E-state index in [4.69, 9.17) is 9.47 Å². The zero-order valence-corrected chi connectivity index (χ0v) is 23.1. The van der Waals surface area contributed by atoms with Gasteiger partial charge in [-0.25, -0.2) is 8.42 Å². The molecule has 0 aliphatic carbocycles. The Bertz CT molecular complexity index is 1140. The van der Waals surface area contributed by atoms with Crippen molar-refractivity contribution in [3.63, 3.8) is 0 Å². The third-order valence-corrected chi connectivity index (χ3v) is 6.85. The highest BCUT2D eigenvalue weighted by Gasteiger charge is 2.31.